The third-order valence-electron chi connectivity index (χ3n) is 10.0. The smallest absolute Gasteiger partial charge is 0.410 e. The number of benzene rings is 1. The highest BCUT2D eigenvalue weighted by Gasteiger charge is 2.41. The largest absolute Gasteiger partial charge is 0.444 e. The molecule has 0 spiro atoms. The third-order valence-corrected chi connectivity index (χ3v) is 10.7. The summed E-state index contributed by atoms with van der Waals surface area (Å²) in [5.41, 5.74) is 4.90. The van der Waals surface area contributed by atoms with Crippen molar-refractivity contribution in [1.29, 1.82) is 0 Å². The number of nitrogens with one attached hydrogen (secondary N) is 1. The predicted molar refractivity (Wildman–Crippen MR) is 195 cm³/mol. The van der Waals surface area contributed by atoms with E-state index in [2.05, 4.69) is 43.3 Å². The van der Waals surface area contributed by atoms with Crippen molar-refractivity contribution >= 4 is 45.4 Å². The summed E-state index contributed by atoms with van der Waals surface area (Å²) in [4.78, 5) is 55.7. The minimum absolute atomic E-state index is 0.0253. The van der Waals surface area contributed by atoms with Crippen LogP contribution >= 0.6 is 27.5 Å². The normalized spacial score (nSPS) is 20.1. The van der Waals surface area contributed by atoms with Crippen LogP contribution in [0.3, 0.4) is 0 Å². The number of nitrogens with zero attached hydrogens (tertiary/aromatic N) is 6. The number of ether oxygens (including phenoxy) is 1. The van der Waals surface area contributed by atoms with E-state index >= 15 is 0 Å². The third kappa shape index (κ3) is 8.51. The lowest BCUT2D eigenvalue weighted by atomic mass is 9.92. The predicted octanol–water partition coefficient (Wildman–Crippen LogP) is 5.33. The first-order valence-corrected chi connectivity index (χ1v) is 18.7. The fraction of sp³-hybridized carbons (Fsp3) is 0.541. The van der Waals surface area contributed by atoms with Crippen LogP contribution < -0.4 is 5.32 Å². The molecule has 2 saturated heterocycles. The second kappa shape index (κ2) is 15.4. The Morgan fingerprint density at radius 3 is 2.52 bits per heavy atom. The van der Waals surface area contributed by atoms with Crippen LogP contribution in [0.4, 0.5) is 4.79 Å². The van der Waals surface area contributed by atoms with E-state index in [-0.39, 0.29) is 29.9 Å². The van der Waals surface area contributed by atoms with Crippen molar-refractivity contribution in [2.45, 2.75) is 77.0 Å². The molecule has 4 heterocycles. The van der Waals surface area contributed by atoms with Gasteiger partial charge in [-0.15, -0.1) is 0 Å². The van der Waals surface area contributed by atoms with Crippen LogP contribution in [-0.4, -0.2) is 98.1 Å². The van der Waals surface area contributed by atoms with Gasteiger partial charge in [-0.05, 0) is 103 Å². The molecule has 2 fully saturated rings. The number of likely N-dealkylation sites (tertiary alicyclic amines) is 1. The zero-order valence-corrected chi connectivity index (χ0v) is 31.7. The Labute approximate surface area is 307 Å². The second-order valence-electron chi connectivity index (χ2n) is 14.7. The van der Waals surface area contributed by atoms with E-state index in [9.17, 15) is 14.4 Å². The first-order valence-electron chi connectivity index (χ1n) is 17.5. The highest BCUT2D eigenvalue weighted by atomic mass is 79.9. The zero-order chi connectivity index (χ0) is 35.6. The molecule has 1 aromatic carbocycles. The molecule has 50 heavy (non-hydrogen) atoms. The van der Waals surface area contributed by atoms with Crippen LogP contribution in [0.25, 0.3) is 0 Å². The molecule has 2 aliphatic heterocycles. The Morgan fingerprint density at radius 2 is 1.80 bits per heavy atom. The topological polar surface area (TPSA) is 113 Å². The van der Waals surface area contributed by atoms with Gasteiger partial charge in [-0.3, -0.25) is 19.5 Å². The summed E-state index contributed by atoms with van der Waals surface area (Å²) < 4.78 is 8.43. The van der Waals surface area contributed by atoms with Crippen LogP contribution in [0.15, 0.2) is 47.5 Å². The number of piperidine rings is 1. The van der Waals surface area contributed by atoms with Gasteiger partial charge in [0.15, 0.2) is 0 Å². The first kappa shape index (κ1) is 36.3. The van der Waals surface area contributed by atoms with Crippen LogP contribution in [-0.2, 0) is 40.6 Å². The van der Waals surface area contributed by atoms with Crippen molar-refractivity contribution in [3.8, 4) is 0 Å². The van der Waals surface area contributed by atoms with Gasteiger partial charge in [0.25, 0.3) is 0 Å². The summed E-state index contributed by atoms with van der Waals surface area (Å²) in [5, 5.41) is 3.83. The Hall–Kier alpha value is -3.48. The van der Waals surface area contributed by atoms with Crippen molar-refractivity contribution in [2.75, 3.05) is 39.3 Å². The molecule has 1 unspecified atom stereocenters. The summed E-state index contributed by atoms with van der Waals surface area (Å²) in [5.74, 6) is -0.0673. The number of piperazine rings is 1. The molecule has 3 aliphatic rings. The first-order chi connectivity index (χ1) is 23.9. The SMILES string of the molecule is Cn1cncc1CCNC(=O)[C@H]1CN(C2c3ccc(Cl)cc3CCc3cc(Br)cnc32)CCN1C(=O)CC1CCN(C(=O)OC(C)(C)C)CC1. The fourth-order valence-electron chi connectivity index (χ4n) is 7.41. The number of amides is 3. The van der Waals surface area contributed by atoms with Gasteiger partial charge < -0.3 is 24.4 Å². The van der Waals surface area contributed by atoms with Gasteiger partial charge in [-0.25, -0.2) is 9.78 Å². The molecule has 3 aromatic rings. The molecule has 1 aliphatic carbocycles. The number of aromatic nitrogens is 3. The molecular weight excluding hydrogens is 722 g/mol. The zero-order valence-electron chi connectivity index (χ0n) is 29.3. The Balaban J connectivity index is 1.21. The standard InChI is InChI=1S/C37H47BrClN7O4/c1-37(2,3)50-36(49)44-13-10-24(11-14-44)17-32(47)46-16-15-45(22-31(46)35(48)41-12-9-29-21-40-23-43(29)4)34-30-8-7-28(39)19-25(30)5-6-26-18-27(38)20-42-33(26)34/h7-8,18-21,23-24,31,34H,5-6,9-17,22H2,1-4H3,(H,41,48)/t31-,34?/m1/s1. The molecule has 1 N–H and O–H groups in total. The maximum absolute atomic E-state index is 14.1. The Bertz CT molecular complexity index is 1660. The Kier molecular flexibility index (Phi) is 11.2. The Morgan fingerprint density at radius 1 is 1.04 bits per heavy atom. The molecule has 0 saturated carbocycles. The highest BCUT2D eigenvalue weighted by molar-refractivity contribution is 9.10. The minimum Gasteiger partial charge on any atom is -0.444 e. The fourth-order valence-corrected chi connectivity index (χ4v) is 7.98. The van der Waals surface area contributed by atoms with Gasteiger partial charge in [-0.1, -0.05) is 17.7 Å². The maximum Gasteiger partial charge on any atom is 0.410 e. The van der Waals surface area contributed by atoms with Crippen molar-refractivity contribution in [2.24, 2.45) is 13.0 Å². The number of pyridine rings is 1. The summed E-state index contributed by atoms with van der Waals surface area (Å²) in [6.45, 7) is 8.48. The highest BCUT2D eigenvalue weighted by Crippen LogP contribution is 2.39. The van der Waals surface area contributed by atoms with Crippen molar-refractivity contribution in [3.63, 3.8) is 0 Å². The number of rotatable bonds is 7. The lowest BCUT2D eigenvalue weighted by Gasteiger charge is -2.44. The van der Waals surface area contributed by atoms with E-state index in [1.165, 1.54) is 5.56 Å². The number of hydrogen-bond donors (Lipinski definition) is 1. The molecule has 0 radical (unpaired) electrons. The van der Waals surface area contributed by atoms with Crippen molar-refractivity contribution in [3.05, 3.63) is 80.6 Å². The summed E-state index contributed by atoms with van der Waals surface area (Å²) in [6.07, 6.45) is 9.13. The van der Waals surface area contributed by atoms with Crippen LogP contribution in [0, 0.1) is 5.92 Å². The molecule has 13 heteroatoms. The van der Waals surface area contributed by atoms with Crippen LogP contribution in [0.1, 0.15) is 74.2 Å². The number of aryl methyl sites for hydroxylation is 3. The van der Waals surface area contributed by atoms with Gasteiger partial charge in [0, 0.05) is 86.7 Å². The number of imidazole rings is 1. The minimum atomic E-state index is -0.678. The lowest BCUT2D eigenvalue weighted by Crippen LogP contribution is -2.61. The van der Waals surface area contributed by atoms with E-state index in [4.69, 9.17) is 21.3 Å². The molecule has 268 valence electrons. The quantitative estimate of drug-likeness (QED) is 0.346. The molecule has 2 atom stereocenters. The van der Waals surface area contributed by atoms with E-state index in [0.29, 0.717) is 70.0 Å². The number of halogens is 2. The number of carbonyl (C=O) groups excluding carboxylic acids is 3. The lowest BCUT2D eigenvalue weighted by molar-refractivity contribution is -0.145. The van der Waals surface area contributed by atoms with E-state index in [1.807, 2.05) is 50.7 Å². The molecule has 2 aromatic heterocycles. The molecular formula is C37H47BrClN7O4. The van der Waals surface area contributed by atoms with E-state index in [1.54, 1.807) is 22.3 Å². The number of fused-ring (bicyclic) bond motifs is 2. The van der Waals surface area contributed by atoms with Crippen molar-refractivity contribution < 1.29 is 19.1 Å². The number of carbonyl (C=O) groups is 3. The monoisotopic (exact) mass is 767 g/mol. The van der Waals surface area contributed by atoms with Gasteiger partial charge in [0.1, 0.15) is 11.6 Å². The maximum atomic E-state index is 14.1. The summed E-state index contributed by atoms with van der Waals surface area (Å²) in [6, 6.07) is 7.33. The summed E-state index contributed by atoms with van der Waals surface area (Å²) >= 11 is 10.1. The molecule has 3 amide bonds. The van der Waals surface area contributed by atoms with Gasteiger partial charge in [-0.2, -0.15) is 0 Å². The second-order valence-corrected chi connectivity index (χ2v) is 16.0. The molecule has 6 rings (SSSR count). The van der Waals surface area contributed by atoms with Gasteiger partial charge >= 0.3 is 6.09 Å². The summed E-state index contributed by atoms with van der Waals surface area (Å²) in [7, 11) is 1.93. The van der Waals surface area contributed by atoms with E-state index in [0.717, 1.165) is 39.8 Å². The van der Waals surface area contributed by atoms with E-state index < -0.39 is 11.6 Å². The average Bonchev–Trinajstić information content (AvgIpc) is 3.41. The van der Waals surface area contributed by atoms with Gasteiger partial charge in [0.05, 0.1) is 18.1 Å². The molecule has 0 bridgehead atoms. The average molecular weight is 769 g/mol. The number of hydrogen-bond acceptors (Lipinski definition) is 7. The molecule has 11 nitrogen and oxygen atoms in total. The van der Waals surface area contributed by atoms with Crippen molar-refractivity contribution in [1.82, 2.24) is 34.6 Å². The van der Waals surface area contributed by atoms with Gasteiger partial charge in [0.2, 0.25) is 11.8 Å². The van der Waals surface area contributed by atoms with Crippen LogP contribution in [0.2, 0.25) is 5.02 Å². The van der Waals surface area contributed by atoms with Crippen LogP contribution in [0.5, 0.6) is 0 Å².